The number of aromatic amines is 1. The predicted molar refractivity (Wildman–Crippen MR) is 133 cm³/mol. The van der Waals surface area contributed by atoms with Crippen LogP contribution in [0.3, 0.4) is 0 Å². The van der Waals surface area contributed by atoms with Crippen LogP contribution in [0.1, 0.15) is 11.3 Å². The van der Waals surface area contributed by atoms with Crippen LogP contribution in [-0.2, 0) is 4.74 Å². The van der Waals surface area contributed by atoms with Crippen LogP contribution in [-0.4, -0.2) is 59.8 Å². The zero-order valence-corrected chi connectivity index (χ0v) is 20.0. The van der Waals surface area contributed by atoms with Crippen molar-refractivity contribution in [3.05, 3.63) is 41.5 Å². The maximum atomic E-state index is 14.6. The van der Waals surface area contributed by atoms with E-state index in [0.717, 1.165) is 35.2 Å². The SMILES string of the molecule is CNc1cc(F)cc2c1[nH]c1nc(Oc3cnc(C)c(C)c3)nc(N3CC(CN)C4(COC4)C3)c12. The molecule has 2 fully saturated rings. The van der Waals surface area contributed by atoms with Gasteiger partial charge in [-0.05, 0) is 44.2 Å². The Kier molecular flexibility index (Phi) is 5.05. The molecule has 1 aromatic carbocycles. The van der Waals surface area contributed by atoms with E-state index in [2.05, 4.69) is 25.2 Å². The Morgan fingerprint density at radius 2 is 2.11 bits per heavy atom. The number of benzene rings is 1. The van der Waals surface area contributed by atoms with Gasteiger partial charge in [0.1, 0.15) is 23.0 Å². The summed E-state index contributed by atoms with van der Waals surface area (Å²) >= 11 is 0. The van der Waals surface area contributed by atoms with Gasteiger partial charge in [-0.15, -0.1) is 0 Å². The van der Waals surface area contributed by atoms with Crippen LogP contribution in [0.2, 0.25) is 0 Å². The summed E-state index contributed by atoms with van der Waals surface area (Å²) in [5, 5.41) is 4.54. The number of aromatic nitrogens is 4. The molecule has 4 N–H and O–H groups in total. The molecule has 9 nitrogen and oxygen atoms in total. The lowest BCUT2D eigenvalue weighted by atomic mass is 9.76. The third kappa shape index (κ3) is 3.47. The molecule has 35 heavy (non-hydrogen) atoms. The van der Waals surface area contributed by atoms with Gasteiger partial charge in [0, 0.05) is 42.6 Å². The first-order valence-corrected chi connectivity index (χ1v) is 11.8. The van der Waals surface area contributed by atoms with Gasteiger partial charge >= 0.3 is 6.01 Å². The number of nitrogens with zero attached hydrogens (tertiary/aromatic N) is 4. The van der Waals surface area contributed by atoms with E-state index < -0.39 is 0 Å². The summed E-state index contributed by atoms with van der Waals surface area (Å²) in [6.07, 6.45) is 1.66. The Balaban J connectivity index is 1.53. The standard InChI is InChI=1S/C25H28FN7O2/c1-13-4-17(8-29-14(13)2)35-24-31-22-20(18-5-16(26)6-19(28-3)21(18)30-22)23(32-24)33-9-15(7-27)25(10-33)11-34-12-25/h4-6,8,15,28H,7,9-12,27H2,1-3H3,(H,30,31,32). The minimum atomic E-state index is -0.333. The van der Waals surface area contributed by atoms with E-state index in [4.69, 9.17) is 20.2 Å². The molecule has 10 heteroatoms. The molecule has 1 atom stereocenters. The smallest absolute Gasteiger partial charge is 0.326 e. The average Bonchev–Trinajstić information content (AvgIpc) is 3.39. The van der Waals surface area contributed by atoms with Crippen molar-refractivity contribution in [1.29, 1.82) is 0 Å². The lowest BCUT2D eigenvalue weighted by molar-refractivity contribution is -0.121. The van der Waals surface area contributed by atoms with Crippen LogP contribution < -0.4 is 20.7 Å². The molecule has 0 saturated carbocycles. The second-order valence-corrected chi connectivity index (χ2v) is 9.65. The number of ether oxygens (including phenoxy) is 2. The van der Waals surface area contributed by atoms with E-state index in [0.29, 0.717) is 48.0 Å². The van der Waals surface area contributed by atoms with Gasteiger partial charge in [-0.2, -0.15) is 9.97 Å². The van der Waals surface area contributed by atoms with Crippen LogP contribution >= 0.6 is 0 Å². The fourth-order valence-electron chi connectivity index (χ4n) is 5.29. The molecule has 0 aliphatic carbocycles. The molecule has 182 valence electrons. The molecule has 4 aromatic rings. The Hall–Kier alpha value is -3.50. The first kappa shape index (κ1) is 22.0. The Morgan fingerprint density at radius 3 is 2.77 bits per heavy atom. The average molecular weight is 478 g/mol. The van der Waals surface area contributed by atoms with Gasteiger partial charge in [-0.3, -0.25) is 4.98 Å². The van der Waals surface area contributed by atoms with Gasteiger partial charge in [0.25, 0.3) is 0 Å². The van der Waals surface area contributed by atoms with Gasteiger partial charge in [0.15, 0.2) is 0 Å². The van der Waals surface area contributed by atoms with Gasteiger partial charge in [0.2, 0.25) is 0 Å². The fourth-order valence-corrected chi connectivity index (χ4v) is 5.29. The zero-order chi connectivity index (χ0) is 24.3. The van der Waals surface area contributed by atoms with E-state index in [1.54, 1.807) is 13.2 Å². The Morgan fingerprint density at radius 1 is 1.29 bits per heavy atom. The molecule has 1 unspecified atom stereocenters. The van der Waals surface area contributed by atoms with Crippen molar-refractivity contribution in [1.82, 2.24) is 19.9 Å². The largest absolute Gasteiger partial charge is 0.423 e. The molecule has 0 bridgehead atoms. The van der Waals surface area contributed by atoms with Gasteiger partial charge in [0.05, 0.1) is 36.0 Å². The van der Waals surface area contributed by atoms with Crippen LogP contribution in [0, 0.1) is 31.0 Å². The summed E-state index contributed by atoms with van der Waals surface area (Å²) < 4.78 is 26.2. The highest BCUT2D eigenvalue weighted by Gasteiger charge is 2.52. The van der Waals surface area contributed by atoms with Crippen LogP contribution in [0.5, 0.6) is 11.8 Å². The van der Waals surface area contributed by atoms with Crippen molar-refractivity contribution in [2.45, 2.75) is 13.8 Å². The molecular formula is C25H28FN7O2. The maximum Gasteiger partial charge on any atom is 0.326 e. The summed E-state index contributed by atoms with van der Waals surface area (Å²) in [7, 11) is 1.76. The minimum Gasteiger partial charge on any atom is -0.423 e. The molecular weight excluding hydrogens is 449 g/mol. The topological polar surface area (TPSA) is 114 Å². The molecule has 3 aromatic heterocycles. The number of nitrogens with one attached hydrogen (secondary N) is 2. The molecule has 0 amide bonds. The van der Waals surface area contributed by atoms with E-state index in [1.165, 1.54) is 12.1 Å². The second kappa shape index (κ2) is 8.03. The molecule has 2 aliphatic rings. The van der Waals surface area contributed by atoms with Crippen molar-refractivity contribution in [3.8, 4) is 11.8 Å². The van der Waals surface area contributed by atoms with Crippen molar-refractivity contribution >= 4 is 33.4 Å². The molecule has 6 rings (SSSR count). The van der Waals surface area contributed by atoms with Crippen LogP contribution in [0.4, 0.5) is 15.9 Å². The van der Waals surface area contributed by atoms with Crippen molar-refractivity contribution in [2.24, 2.45) is 17.1 Å². The summed E-state index contributed by atoms with van der Waals surface area (Å²) in [5.41, 5.74) is 10.1. The molecule has 2 saturated heterocycles. The molecule has 1 spiro atoms. The number of pyridine rings is 1. The third-order valence-electron chi connectivity index (χ3n) is 7.45. The van der Waals surface area contributed by atoms with Crippen LogP contribution in [0.25, 0.3) is 21.9 Å². The first-order chi connectivity index (χ1) is 16.9. The van der Waals surface area contributed by atoms with Crippen molar-refractivity contribution in [2.75, 3.05) is 50.1 Å². The summed E-state index contributed by atoms with van der Waals surface area (Å²) in [6.45, 7) is 7.35. The normalized spacial score (nSPS) is 19.0. The highest BCUT2D eigenvalue weighted by molar-refractivity contribution is 6.14. The summed E-state index contributed by atoms with van der Waals surface area (Å²) in [6, 6.07) is 5.10. The van der Waals surface area contributed by atoms with E-state index in [1.807, 2.05) is 19.9 Å². The van der Waals surface area contributed by atoms with E-state index >= 15 is 0 Å². The quantitative estimate of drug-likeness (QED) is 0.400. The summed E-state index contributed by atoms with van der Waals surface area (Å²) in [4.78, 5) is 19.5. The number of halogens is 1. The zero-order valence-electron chi connectivity index (χ0n) is 20.0. The Bertz CT molecular complexity index is 1450. The number of nitrogens with two attached hydrogens (primary N) is 1. The Labute approximate surface area is 201 Å². The lowest BCUT2D eigenvalue weighted by Gasteiger charge is -2.41. The number of hydrogen-bond acceptors (Lipinski definition) is 8. The highest BCUT2D eigenvalue weighted by atomic mass is 19.1. The number of H-pyrrole nitrogens is 1. The molecule has 2 aliphatic heterocycles. The van der Waals surface area contributed by atoms with Crippen LogP contribution in [0.15, 0.2) is 24.4 Å². The van der Waals surface area contributed by atoms with Gasteiger partial charge in [-0.25, -0.2) is 4.39 Å². The van der Waals surface area contributed by atoms with Crippen molar-refractivity contribution < 1.29 is 13.9 Å². The molecule has 0 radical (unpaired) electrons. The monoisotopic (exact) mass is 477 g/mol. The number of anilines is 2. The number of fused-ring (bicyclic) bond motifs is 3. The number of aryl methyl sites for hydroxylation is 2. The number of hydrogen-bond donors (Lipinski definition) is 3. The second-order valence-electron chi connectivity index (χ2n) is 9.65. The van der Waals surface area contributed by atoms with E-state index in [-0.39, 0.29) is 23.2 Å². The van der Waals surface area contributed by atoms with E-state index in [9.17, 15) is 4.39 Å². The third-order valence-corrected chi connectivity index (χ3v) is 7.45. The molecule has 5 heterocycles. The van der Waals surface area contributed by atoms with Gasteiger partial charge in [-0.1, -0.05) is 0 Å². The fraction of sp³-hybridized carbons (Fsp3) is 0.400. The van der Waals surface area contributed by atoms with Crippen molar-refractivity contribution in [3.63, 3.8) is 0 Å². The predicted octanol–water partition coefficient (Wildman–Crippen LogP) is 3.51. The maximum absolute atomic E-state index is 14.6. The first-order valence-electron chi connectivity index (χ1n) is 11.8. The minimum absolute atomic E-state index is 0.0124. The number of rotatable bonds is 5. The lowest BCUT2D eigenvalue weighted by Crippen LogP contribution is -2.50. The highest BCUT2D eigenvalue weighted by Crippen LogP contribution is 2.46. The summed E-state index contributed by atoms with van der Waals surface area (Å²) in [5.74, 6) is 1.20. The van der Waals surface area contributed by atoms with Gasteiger partial charge < -0.3 is 30.4 Å².